The van der Waals surface area contributed by atoms with Gasteiger partial charge in [0.25, 0.3) is 0 Å². The molecule has 1 aliphatic heterocycles. The number of hydrogen-bond donors (Lipinski definition) is 1. The number of likely N-dealkylation sites (tertiary alicyclic amines) is 1. The summed E-state index contributed by atoms with van der Waals surface area (Å²) in [4.78, 5) is 23.1. The minimum atomic E-state index is -0.987. The molecule has 0 aromatic carbocycles. The van der Waals surface area contributed by atoms with Crippen LogP contribution < -0.4 is 4.90 Å². The summed E-state index contributed by atoms with van der Waals surface area (Å²) in [5.41, 5.74) is 0.157. The molecule has 1 aromatic heterocycles. The molecule has 1 N–H and O–H groups in total. The van der Waals surface area contributed by atoms with Crippen molar-refractivity contribution in [3.63, 3.8) is 0 Å². The highest BCUT2D eigenvalue weighted by atomic mass is 16.4. The predicted molar refractivity (Wildman–Crippen MR) is 63.3 cm³/mol. The van der Waals surface area contributed by atoms with Crippen molar-refractivity contribution in [1.29, 1.82) is 0 Å². The normalized spacial score (nSPS) is 20.5. The van der Waals surface area contributed by atoms with Crippen LogP contribution in [0.25, 0.3) is 0 Å². The first-order valence-corrected chi connectivity index (χ1v) is 5.54. The molecular formula is C11H16N4O2. The van der Waals surface area contributed by atoms with Crippen molar-refractivity contribution in [2.24, 2.45) is 0 Å². The number of hydrogen-bond acceptors (Lipinski definition) is 5. The van der Waals surface area contributed by atoms with Crippen LogP contribution in [0.1, 0.15) is 16.8 Å². The topological polar surface area (TPSA) is 69.6 Å². The van der Waals surface area contributed by atoms with Gasteiger partial charge in [0.15, 0.2) is 0 Å². The van der Waals surface area contributed by atoms with Gasteiger partial charge in [-0.25, -0.2) is 14.8 Å². The first-order chi connectivity index (χ1) is 8.09. The number of carboxylic acids is 1. The van der Waals surface area contributed by atoms with Gasteiger partial charge in [0.1, 0.15) is 17.7 Å². The third-order valence-electron chi connectivity index (χ3n) is 3.17. The van der Waals surface area contributed by atoms with Gasteiger partial charge in [0.05, 0.1) is 0 Å². The molecule has 2 heterocycles. The quantitative estimate of drug-likeness (QED) is 0.814. The molecule has 0 aliphatic carbocycles. The number of likely N-dealkylation sites (N-methyl/N-ethyl adjacent to an activating group) is 2. The Morgan fingerprint density at radius 2 is 2.41 bits per heavy atom. The van der Waals surface area contributed by atoms with E-state index in [0.717, 1.165) is 19.5 Å². The molecule has 1 aromatic rings. The van der Waals surface area contributed by atoms with E-state index in [2.05, 4.69) is 21.9 Å². The van der Waals surface area contributed by atoms with E-state index in [-0.39, 0.29) is 5.56 Å². The molecule has 1 fully saturated rings. The maximum atomic E-state index is 11.1. The van der Waals surface area contributed by atoms with E-state index in [1.807, 2.05) is 11.9 Å². The number of carboxylic acid groups (broad SMARTS) is 1. The Hall–Kier alpha value is -1.69. The van der Waals surface area contributed by atoms with Gasteiger partial charge in [0.2, 0.25) is 0 Å². The van der Waals surface area contributed by atoms with Crippen molar-refractivity contribution in [2.75, 3.05) is 32.1 Å². The molecule has 6 nitrogen and oxygen atoms in total. The zero-order chi connectivity index (χ0) is 12.4. The summed E-state index contributed by atoms with van der Waals surface area (Å²) in [5.74, 6) is -0.494. The number of rotatable bonds is 3. The summed E-state index contributed by atoms with van der Waals surface area (Å²) in [7, 11) is 3.95. The highest BCUT2D eigenvalue weighted by molar-refractivity contribution is 5.92. The Labute approximate surface area is 99.9 Å². The van der Waals surface area contributed by atoms with Crippen molar-refractivity contribution < 1.29 is 9.90 Å². The summed E-state index contributed by atoms with van der Waals surface area (Å²) in [5, 5.41) is 9.09. The number of aromatic carboxylic acids is 1. The van der Waals surface area contributed by atoms with E-state index in [1.54, 1.807) is 0 Å². The van der Waals surface area contributed by atoms with Crippen LogP contribution in [-0.4, -0.2) is 59.2 Å². The minimum absolute atomic E-state index is 0.157. The third-order valence-corrected chi connectivity index (χ3v) is 3.17. The molecule has 1 aliphatic rings. The van der Waals surface area contributed by atoms with E-state index < -0.39 is 5.97 Å². The predicted octanol–water partition coefficient (Wildman–Crippen LogP) is 0.315. The van der Waals surface area contributed by atoms with E-state index in [0.29, 0.717) is 11.9 Å². The lowest BCUT2D eigenvalue weighted by Crippen LogP contribution is -2.35. The lowest BCUT2D eigenvalue weighted by Gasteiger charge is -2.26. The molecular weight excluding hydrogens is 220 g/mol. The molecule has 17 heavy (non-hydrogen) atoms. The Kier molecular flexibility index (Phi) is 3.23. The van der Waals surface area contributed by atoms with E-state index in [4.69, 9.17) is 5.11 Å². The van der Waals surface area contributed by atoms with Crippen molar-refractivity contribution in [2.45, 2.75) is 12.5 Å². The Balaban J connectivity index is 2.24. The van der Waals surface area contributed by atoms with Gasteiger partial charge >= 0.3 is 5.97 Å². The summed E-state index contributed by atoms with van der Waals surface area (Å²) in [6, 6.07) is 0.313. The third kappa shape index (κ3) is 2.36. The SMILES string of the molecule is CN1CCC(N(C)c2ncncc2C(=O)O)C1. The number of nitrogens with zero attached hydrogens (tertiary/aromatic N) is 4. The van der Waals surface area contributed by atoms with Crippen LogP contribution in [0.2, 0.25) is 0 Å². The number of aromatic nitrogens is 2. The molecule has 92 valence electrons. The Bertz CT molecular complexity index is 424. The second kappa shape index (κ2) is 4.67. The highest BCUT2D eigenvalue weighted by Crippen LogP contribution is 2.21. The van der Waals surface area contributed by atoms with Crippen LogP contribution in [-0.2, 0) is 0 Å². The van der Waals surface area contributed by atoms with Gasteiger partial charge in [0, 0.05) is 25.8 Å². The number of anilines is 1. The Morgan fingerprint density at radius 3 is 3.00 bits per heavy atom. The largest absolute Gasteiger partial charge is 0.477 e. The molecule has 0 spiro atoms. The zero-order valence-electron chi connectivity index (χ0n) is 10.00. The molecule has 1 unspecified atom stereocenters. The fraction of sp³-hybridized carbons (Fsp3) is 0.545. The first-order valence-electron chi connectivity index (χ1n) is 5.54. The second-order valence-electron chi connectivity index (χ2n) is 4.38. The minimum Gasteiger partial charge on any atom is -0.477 e. The zero-order valence-corrected chi connectivity index (χ0v) is 10.00. The molecule has 0 radical (unpaired) electrons. The fourth-order valence-corrected chi connectivity index (χ4v) is 2.16. The molecule has 0 amide bonds. The highest BCUT2D eigenvalue weighted by Gasteiger charge is 2.26. The van der Waals surface area contributed by atoms with Gasteiger partial charge in [-0.3, -0.25) is 0 Å². The summed E-state index contributed by atoms with van der Waals surface area (Å²) < 4.78 is 0. The monoisotopic (exact) mass is 236 g/mol. The van der Waals surface area contributed by atoms with Crippen molar-refractivity contribution in [3.05, 3.63) is 18.1 Å². The number of carbonyl (C=O) groups is 1. The molecule has 1 atom stereocenters. The molecule has 0 bridgehead atoms. The summed E-state index contributed by atoms with van der Waals surface area (Å²) >= 11 is 0. The molecule has 2 rings (SSSR count). The van der Waals surface area contributed by atoms with E-state index >= 15 is 0 Å². The molecule has 1 saturated heterocycles. The van der Waals surface area contributed by atoms with Crippen molar-refractivity contribution in [3.8, 4) is 0 Å². The van der Waals surface area contributed by atoms with Gasteiger partial charge in [-0.15, -0.1) is 0 Å². The molecule has 0 saturated carbocycles. The van der Waals surface area contributed by atoms with Gasteiger partial charge in [-0.1, -0.05) is 0 Å². The van der Waals surface area contributed by atoms with Crippen LogP contribution in [0.5, 0.6) is 0 Å². The molecule has 6 heteroatoms. The van der Waals surface area contributed by atoms with Crippen LogP contribution in [0.4, 0.5) is 5.82 Å². The smallest absolute Gasteiger partial charge is 0.341 e. The standard InChI is InChI=1S/C11H16N4O2/c1-14-4-3-8(6-14)15(2)10-9(11(16)17)5-12-7-13-10/h5,7-8H,3-4,6H2,1-2H3,(H,16,17). The van der Waals surface area contributed by atoms with E-state index in [1.165, 1.54) is 12.5 Å². The van der Waals surface area contributed by atoms with Crippen molar-refractivity contribution >= 4 is 11.8 Å². The van der Waals surface area contributed by atoms with Crippen LogP contribution in [0, 0.1) is 0 Å². The Morgan fingerprint density at radius 1 is 1.65 bits per heavy atom. The second-order valence-corrected chi connectivity index (χ2v) is 4.38. The summed E-state index contributed by atoms with van der Waals surface area (Å²) in [6.07, 6.45) is 3.76. The van der Waals surface area contributed by atoms with Gasteiger partial charge in [-0.05, 0) is 20.0 Å². The van der Waals surface area contributed by atoms with Crippen molar-refractivity contribution in [1.82, 2.24) is 14.9 Å². The summed E-state index contributed by atoms with van der Waals surface area (Å²) in [6.45, 7) is 1.96. The van der Waals surface area contributed by atoms with Gasteiger partial charge in [-0.2, -0.15) is 0 Å². The van der Waals surface area contributed by atoms with Crippen LogP contribution in [0.3, 0.4) is 0 Å². The van der Waals surface area contributed by atoms with E-state index in [9.17, 15) is 4.79 Å². The maximum absolute atomic E-state index is 11.1. The lowest BCUT2D eigenvalue weighted by atomic mass is 10.2. The average molecular weight is 236 g/mol. The fourth-order valence-electron chi connectivity index (χ4n) is 2.16. The van der Waals surface area contributed by atoms with Crippen LogP contribution in [0.15, 0.2) is 12.5 Å². The maximum Gasteiger partial charge on any atom is 0.341 e. The van der Waals surface area contributed by atoms with Gasteiger partial charge < -0.3 is 14.9 Å². The van der Waals surface area contributed by atoms with Crippen LogP contribution >= 0.6 is 0 Å². The average Bonchev–Trinajstić information content (AvgIpc) is 2.75. The first kappa shape index (κ1) is 11.8. The lowest BCUT2D eigenvalue weighted by molar-refractivity contribution is 0.0696.